The Hall–Kier alpha value is -1.30. The molecule has 2 amide bonds. The average Bonchev–Trinajstić information content (AvgIpc) is 3.17. The molecule has 6 nitrogen and oxygen atoms in total. The lowest BCUT2D eigenvalue weighted by molar-refractivity contribution is -0.141. The van der Waals surface area contributed by atoms with Crippen LogP contribution in [-0.2, 0) is 4.79 Å². The van der Waals surface area contributed by atoms with Crippen molar-refractivity contribution >= 4 is 12.0 Å². The molecule has 0 saturated carbocycles. The zero-order chi connectivity index (χ0) is 14.1. The standard InChI is InChI=1S/C14H23N3O3/c18-13(19)12-4-3-8-17(12)14(20)16-9-5-11(10-16)15-6-1-2-7-15/h11-12H,1-10H2,(H,18,19)/t11?,12-/m1/s1. The Morgan fingerprint density at radius 2 is 1.70 bits per heavy atom. The van der Waals surface area contributed by atoms with Gasteiger partial charge in [0.2, 0.25) is 0 Å². The number of carboxylic acids is 1. The zero-order valence-electron chi connectivity index (χ0n) is 11.8. The molecule has 3 rings (SSSR count). The third-order valence-corrected chi connectivity index (χ3v) is 4.87. The van der Waals surface area contributed by atoms with Crippen molar-refractivity contribution in [2.75, 3.05) is 32.7 Å². The summed E-state index contributed by atoms with van der Waals surface area (Å²) >= 11 is 0. The third kappa shape index (κ3) is 2.49. The highest BCUT2D eigenvalue weighted by atomic mass is 16.4. The highest BCUT2D eigenvalue weighted by molar-refractivity contribution is 5.83. The zero-order valence-corrected chi connectivity index (χ0v) is 11.8. The number of urea groups is 1. The molecule has 0 bridgehead atoms. The van der Waals surface area contributed by atoms with Crippen molar-refractivity contribution in [3.8, 4) is 0 Å². The first-order valence-electron chi connectivity index (χ1n) is 7.69. The fourth-order valence-corrected chi connectivity index (χ4v) is 3.75. The first-order valence-corrected chi connectivity index (χ1v) is 7.69. The number of hydrogen-bond acceptors (Lipinski definition) is 3. The molecule has 3 aliphatic heterocycles. The number of carbonyl (C=O) groups excluding carboxylic acids is 1. The molecule has 20 heavy (non-hydrogen) atoms. The van der Waals surface area contributed by atoms with Crippen LogP contribution in [0, 0.1) is 0 Å². The lowest BCUT2D eigenvalue weighted by atomic mass is 10.2. The van der Waals surface area contributed by atoms with Crippen LogP contribution in [0.5, 0.6) is 0 Å². The van der Waals surface area contributed by atoms with Crippen LogP contribution in [0.3, 0.4) is 0 Å². The average molecular weight is 281 g/mol. The Bertz CT molecular complexity index is 395. The maximum atomic E-state index is 12.5. The summed E-state index contributed by atoms with van der Waals surface area (Å²) in [5.74, 6) is -0.869. The van der Waals surface area contributed by atoms with Gasteiger partial charge in [0.25, 0.3) is 0 Å². The summed E-state index contributed by atoms with van der Waals surface area (Å²) in [6, 6.07) is -0.211. The van der Waals surface area contributed by atoms with E-state index in [4.69, 9.17) is 0 Å². The van der Waals surface area contributed by atoms with Gasteiger partial charge in [0.15, 0.2) is 0 Å². The normalized spacial score (nSPS) is 31.2. The van der Waals surface area contributed by atoms with Crippen LogP contribution in [0.1, 0.15) is 32.1 Å². The maximum Gasteiger partial charge on any atom is 0.326 e. The number of carboxylic acid groups (broad SMARTS) is 1. The van der Waals surface area contributed by atoms with Crippen molar-refractivity contribution < 1.29 is 14.7 Å². The second-order valence-corrected chi connectivity index (χ2v) is 6.10. The van der Waals surface area contributed by atoms with Gasteiger partial charge in [-0.05, 0) is 45.2 Å². The third-order valence-electron chi connectivity index (χ3n) is 4.87. The minimum absolute atomic E-state index is 0.0726. The van der Waals surface area contributed by atoms with E-state index in [1.807, 2.05) is 4.90 Å². The number of hydrogen-bond donors (Lipinski definition) is 1. The van der Waals surface area contributed by atoms with Gasteiger partial charge in [0, 0.05) is 25.7 Å². The lowest BCUT2D eigenvalue weighted by Crippen LogP contribution is -2.48. The highest BCUT2D eigenvalue weighted by Crippen LogP contribution is 2.24. The molecule has 3 aliphatic rings. The van der Waals surface area contributed by atoms with E-state index in [-0.39, 0.29) is 6.03 Å². The monoisotopic (exact) mass is 281 g/mol. The molecule has 1 unspecified atom stereocenters. The summed E-state index contributed by atoms with van der Waals surface area (Å²) in [6.07, 6.45) is 4.93. The second kappa shape index (κ2) is 5.60. The van der Waals surface area contributed by atoms with Crippen LogP contribution in [-0.4, -0.2) is 76.6 Å². The van der Waals surface area contributed by atoms with E-state index in [1.165, 1.54) is 12.8 Å². The van der Waals surface area contributed by atoms with Crippen LogP contribution in [0.15, 0.2) is 0 Å². The summed E-state index contributed by atoms with van der Waals surface area (Å²) in [5.41, 5.74) is 0. The van der Waals surface area contributed by atoms with Gasteiger partial charge in [-0.3, -0.25) is 4.90 Å². The van der Waals surface area contributed by atoms with Gasteiger partial charge in [-0.2, -0.15) is 0 Å². The molecule has 0 aromatic heterocycles. The predicted octanol–water partition coefficient (Wildman–Crippen LogP) is 0.825. The Labute approximate surface area is 119 Å². The Morgan fingerprint density at radius 1 is 0.950 bits per heavy atom. The lowest BCUT2D eigenvalue weighted by Gasteiger charge is -2.28. The summed E-state index contributed by atoms with van der Waals surface area (Å²) in [5, 5.41) is 9.18. The number of aliphatic carboxylic acids is 1. The quantitative estimate of drug-likeness (QED) is 0.814. The summed E-state index contributed by atoms with van der Waals surface area (Å²) in [4.78, 5) is 29.6. The van der Waals surface area contributed by atoms with E-state index in [9.17, 15) is 14.7 Å². The topological polar surface area (TPSA) is 64.1 Å². The molecule has 0 aliphatic carbocycles. The fourth-order valence-electron chi connectivity index (χ4n) is 3.75. The maximum absolute atomic E-state index is 12.5. The molecule has 1 N–H and O–H groups in total. The van der Waals surface area contributed by atoms with Crippen LogP contribution >= 0.6 is 0 Å². The minimum Gasteiger partial charge on any atom is -0.480 e. The minimum atomic E-state index is -0.869. The molecule has 0 radical (unpaired) electrons. The first-order chi connectivity index (χ1) is 9.66. The van der Waals surface area contributed by atoms with Crippen molar-refractivity contribution in [3.63, 3.8) is 0 Å². The van der Waals surface area contributed by atoms with E-state index in [0.29, 0.717) is 19.0 Å². The smallest absolute Gasteiger partial charge is 0.326 e. The molecule has 2 atom stereocenters. The number of likely N-dealkylation sites (tertiary alicyclic amines) is 3. The number of rotatable bonds is 2. The SMILES string of the molecule is O=C(O)[C@H]1CCCN1C(=O)N1CCC(N2CCCC2)C1. The molecular formula is C14H23N3O3. The molecule has 3 heterocycles. The van der Waals surface area contributed by atoms with Gasteiger partial charge in [0.1, 0.15) is 6.04 Å². The molecule has 3 saturated heterocycles. The van der Waals surface area contributed by atoms with Gasteiger partial charge in [-0.15, -0.1) is 0 Å². The summed E-state index contributed by atoms with van der Waals surface area (Å²) in [6.45, 7) is 4.41. The molecule has 112 valence electrons. The molecule has 0 aromatic rings. The van der Waals surface area contributed by atoms with Crippen LogP contribution < -0.4 is 0 Å². The van der Waals surface area contributed by atoms with Gasteiger partial charge >= 0.3 is 12.0 Å². The fraction of sp³-hybridized carbons (Fsp3) is 0.857. The predicted molar refractivity (Wildman–Crippen MR) is 73.5 cm³/mol. The molecule has 0 spiro atoms. The van der Waals surface area contributed by atoms with Crippen molar-refractivity contribution in [1.29, 1.82) is 0 Å². The molecule has 3 fully saturated rings. The first kappa shape index (κ1) is 13.7. The Kier molecular flexibility index (Phi) is 3.83. The van der Waals surface area contributed by atoms with Crippen molar-refractivity contribution in [1.82, 2.24) is 14.7 Å². The van der Waals surface area contributed by atoms with E-state index in [2.05, 4.69) is 4.90 Å². The van der Waals surface area contributed by atoms with Gasteiger partial charge in [-0.25, -0.2) is 9.59 Å². The van der Waals surface area contributed by atoms with Crippen LogP contribution in [0.4, 0.5) is 4.79 Å². The van der Waals surface area contributed by atoms with E-state index >= 15 is 0 Å². The van der Waals surface area contributed by atoms with Gasteiger partial charge in [0.05, 0.1) is 0 Å². The van der Waals surface area contributed by atoms with Gasteiger partial charge < -0.3 is 14.9 Å². The number of carbonyl (C=O) groups is 2. The Morgan fingerprint density at radius 3 is 2.40 bits per heavy atom. The number of amides is 2. The summed E-state index contributed by atoms with van der Waals surface area (Å²) in [7, 11) is 0. The van der Waals surface area contributed by atoms with Crippen molar-refractivity contribution in [2.24, 2.45) is 0 Å². The van der Waals surface area contributed by atoms with Crippen molar-refractivity contribution in [2.45, 2.75) is 44.2 Å². The van der Waals surface area contributed by atoms with Crippen LogP contribution in [0.2, 0.25) is 0 Å². The molecule has 0 aromatic carbocycles. The van der Waals surface area contributed by atoms with Crippen molar-refractivity contribution in [3.05, 3.63) is 0 Å². The van der Waals surface area contributed by atoms with Crippen LogP contribution in [0.25, 0.3) is 0 Å². The number of nitrogens with zero attached hydrogens (tertiary/aromatic N) is 3. The Balaban J connectivity index is 1.59. The summed E-state index contributed by atoms with van der Waals surface area (Å²) < 4.78 is 0. The largest absolute Gasteiger partial charge is 0.480 e. The van der Waals surface area contributed by atoms with Gasteiger partial charge in [-0.1, -0.05) is 0 Å². The van der Waals surface area contributed by atoms with E-state index < -0.39 is 12.0 Å². The second-order valence-electron chi connectivity index (χ2n) is 6.10. The van der Waals surface area contributed by atoms with E-state index in [1.54, 1.807) is 4.90 Å². The molecular weight excluding hydrogens is 258 g/mol. The van der Waals surface area contributed by atoms with E-state index in [0.717, 1.165) is 39.0 Å². The highest BCUT2D eigenvalue weighted by Gasteiger charge is 2.39. The molecule has 6 heteroatoms.